The highest BCUT2D eigenvalue weighted by atomic mass is 32.1. The number of anilines is 1. The number of nitrogens with zero attached hydrogens (tertiary/aromatic N) is 1. The third-order valence-corrected chi connectivity index (χ3v) is 2.57. The van der Waals surface area contributed by atoms with Crippen LogP contribution in [0.5, 0.6) is 0 Å². The normalized spacial score (nSPS) is 9.86. The van der Waals surface area contributed by atoms with Crippen molar-refractivity contribution in [2.45, 2.75) is 20.3 Å². The fourth-order valence-corrected chi connectivity index (χ4v) is 1.86. The number of carboxylic acids is 1. The quantitative estimate of drug-likeness (QED) is 0.721. The fraction of sp³-hybridized carbons (Fsp3) is 0.375. The molecule has 0 atom stereocenters. The van der Waals surface area contributed by atoms with Crippen molar-refractivity contribution in [1.29, 1.82) is 0 Å². The number of carbonyl (C=O) groups excluding carboxylic acids is 1. The monoisotopic (exact) mass is 214 g/mol. The van der Waals surface area contributed by atoms with Gasteiger partial charge in [0.05, 0.1) is 5.69 Å². The number of aromatic nitrogens is 1. The van der Waals surface area contributed by atoms with E-state index in [2.05, 4.69) is 10.3 Å². The number of amides is 1. The van der Waals surface area contributed by atoms with Crippen LogP contribution in [0.25, 0.3) is 0 Å². The van der Waals surface area contributed by atoms with Crippen molar-refractivity contribution in [1.82, 2.24) is 4.98 Å². The molecule has 0 spiro atoms. The molecule has 0 aromatic carbocycles. The van der Waals surface area contributed by atoms with Crippen LogP contribution < -0.4 is 5.32 Å². The molecule has 1 aromatic heterocycles. The second kappa shape index (κ2) is 4.19. The van der Waals surface area contributed by atoms with Crippen LogP contribution in [0.4, 0.5) is 5.13 Å². The highest BCUT2D eigenvalue weighted by Crippen LogP contribution is 2.21. The topological polar surface area (TPSA) is 79.3 Å². The Balaban J connectivity index is 2.78. The number of hydrogen-bond acceptors (Lipinski definition) is 4. The number of aliphatic carboxylic acids is 1. The van der Waals surface area contributed by atoms with Gasteiger partial charge in [0.1, 0.15) is 0 Å². The van der Waals surface area contributed by atoms with E-state index in [1.165, 1.54) is 11.3 Å². The van der Waals surface area contributed by atoms with Gasteiger partial charge in [0.15, 0.2) is 5.13 Å². The molecular weight excluding hydrogens is 204 g/mol. The van der Waals surface area contributed by atoms with Crippen molar-refractivity contribution in [2.24, 2.45) is 0 Å². The second-order valence-electron chi connectivity index (χ2n) is 2.63. The molecular formula is C8H10N2O3S. The highest BCUT2D eigenvalue weighted by Gasteiger charge is 2.14. The van der Waals surface area contributed by atoms with Crippen molar-refractivity contribution in [3.8, 4) is 0 Å². The van der Waals surface area contributed by atoms with Crippen LogP contribution in [-0.4, -0.2) is 22.0 Å². The fourth-order valence-electron chi connectivity index (χ4n) is 0.960. The Morgan fingerprint density at radius 2 is 2.21 bits per heavy atom. The lowest BCUT2D eigenvalue weighted by atomic mass is 10.3. The average Bonchev–Trinajstić information content (AvgIpc) is 2.45. The molecule has 76 valence electrons. The first-order valence-corrected chi connectivity index (χ1v) is 4.86. The summed E-state index contributed by atoms with van der Waals surface area (Å²) in [5, 5.41) is 10.9. The summed E-state index contributed by atoms with van der Waals surface area (Å²) in [5.74, 6) is -2.56. The smallest absolute Gasteiger partial charge is 0.394 e. The van der Waals surface area contributed by atoms with Crippen molar-refractivity contribution in [2.75, 3.05) is 5.32 Å². The minimum atomic E-state index is -1.50. The predicted octanol–water partition coefficient (Wildman–Crippen LogP) is 1.04. The SMILES string of the molecule is CCc1nc(NC(=O)C(=O)O)sc1C. The van der Waals surface area contributed by atoms with Gasteiger partial charge in [0, 0.05) is 4.88 Å². The lowest BCUT2D eigenvalue weighted by molar-refractivity contribution is -0.147. The molecule has 0 unspecified atom stereocenters. The van der Waals surface area contributed by atoms with Gasteiger partial charge in [0.25, 0.3) is 0 Å². The summed E-state index contributed by atoms with van der Waals surface area (Å²) in [6.07, 6.45) is 0.769. The van der Waals surface area contributed by atoms with Crippen LogP contribution in [-0.2, 0) is 16.0 Å². The van der Waals surface area contributed by atoms with Gasteiger partial charge in [-0.2, -0.15) is 0 Å². The Hall–Kier alpha value is -1.43. The Kier molecular flexibility index (Phi) is 3.19. The van der Waals surface area contributed by atoms with E-state index in [4.69, 9.17) is 5.11 Å². The lowest BCUT2D eigenvalue weighted by Gasteiger charge is -1.93. The molecule has 0 radical (unpaired) electrons. The summed E-state index contributed by atoms with van der Waals surface area (Å²) in [5.41, 5.74) is 0.885. The van der Waals surface area contributed by atoms with Crippen molar-refractivity contribution in [3.63, 3.8) is 0 Å². The third kappa shape index (κ3) is 2.29. The minimum Gasteiger partial charge on any atom is -0.474 e. The van der Waals surface area contributed by atoms with Gasteiger partial charge in [-0.25, -0.2) is 9.78 Å². The molecule has 6 heteroatoms. The van der Waals surface area contributed by atoms with E-state index in [1.54, 1.807) is 0 Å². The summed E-state index contributed by atoms with van der Waals surface area (Å²) >= 11 is 1.28. The molecule has 0 saturated heterocycles. The maximum absolute atomic E-state index is 10.8. The number of carbonyl (C=O) groups is 2. The zero-order chi connectivity index (χ0) is 10.7. The number of carboxylic acid groups (broad SMARTS) is 1. The number of rotatable bonds is 2. The molecule has 2 N–H and O–H groups in total. The summed E-state index contributed by atoms with van der Waals surface area (Å²) in [6, 6.07) is 0. The van der Waals surface area contributed by atoms with Gasteiger partial charge < -0.3 is 5.11 Å². The third-order valence-electron chi connectivity index (χ3n) is 1.64. The zero-order valence-electron chi connectivity index (χ0n) is 7.83. The minimum absolute atomic E-state index is 0.340. The summed E-state index contributed by atoms with van der Waals surface area (Å²) in [4.78, 5) is 26.1. The number of thiazole rings is 1. The van der Waals surface area contributed by atoms with Gasteiger partial charge in [-0.05, 0) is 13.3 Å². The first-order valence-electron chi connectivity index (χ1n) is 4.05. The van der Waals surface area contributed by atoms with Crippen LogP contribution in [0.2, 0.25) is 0 Å². The molecule has 0 aliphatic rings. The maximum atomic E-state index is 10.8. The van der Waals surface area contributed by atoms with Gasteiger partial charge in [0.2, 0.25) is 0 Å². The molecule has 1 heterocycles. The summed E-state index contributed by atoms with van der Waals surface area (Å²) < 4.78 is 0. The molecule has 1 rings (SSSR count). The van der Waals surface area contributed by atoms with Crippen LogP contribution in [0.15, 0.2) is 0 Å². The first-order chi connectivity index (χ1) is 6.54. The Morgan fingerprint density at radius 1 is 1.57 bits per heavy atom. The maximum Gasteiger partial charge on any atom is 0.394 e. The van der Waals surface area contributed by atoms with Gasteiger partial charge in [-0.1, -0.05) is 6.92 Å². The molecule has 0 aliphatic carbocycles. The molecule has 0 bridgehead atoms. The molecule has 1 aromatic rings. The molecule has 5 nitrogen and oxygen atoms in total. The number of aryl methyl sites for hydroxylation is 2. The van der Waals surface area contributed by atoms with E-state index in [9.17, 15) is 9.59 Å². The summed E-state index contributed by atoms with van der Waals surface area (Å²) in [7, 11) is 0. The van der Waals surface area contributed by atoms with E-state index in [0.29, 0.717) is 5.13 Å². The van der Waals surface area contributed by atoms with Gasteiger partial charge in [-0.3, -0.25) is 10.1 Å². The Morgan fingerprint density at radius 3 is 2.64 bits per heavy atom. The van der Waals surface area contributed by atoms with Crippen molar-refractivity contribution < 1.29 is 14.7 Å². The van der Waals surface area contributed by atoms with Gasteiger partial charge in [-0.15, -0.1) is 11.3 Å². The van der Waals surface area contributed by atoms with E-state index in [-0.39, 0.29) is 0 Å². The molecule has 1 amide bonds. The Bertz CT molecular complexity index is 373. The van der Waals surface area contributed by atoms with E-state index < -0.39 is 11.9 Å². The molecule has 0 aliphatic heterocycles. The summed E-state index contributed by atoms with van der Waals surface area (Å²) in [6.45, 7) is 3.83. The van der Waals surface area contributed by atoms with Crippen LogP contribution in [0.1, 0.15) is 17.5 Å². The zero-order valence-corrected chi connectivity index (χ0v) is 8.64. The van der Waals surface area contributed by atoms with Crippen LogP contribution >= 0.6 is 11.3 Å². The second-order valence-corrected chi connectivity index (χ2v) is 3.84. The van der Waals surface area contributed by atoms with E-state index in [0.717, 1.165) is 17.0 Å². The van der Waals surface area contributed by atoms with E-state index in [1.807, 2.05) is 13.8 Å². The van der Waals surface area contributed by atoms with E-state index >= 15 is 0 Å². The Labute approximate surface area is 84.8 Å². The average molecular weight is 214 g/mol. The highest BCUT2D eigenvalue weighted by molar-refractivity contribution is 7.15. The van der Waals surface area contributed by atoms with Crippen LogP contribution in [0.3, 0.4) is 0 Å². The number of hydrogen-bond donors (Lipinski definition) is 2. The van der Waals surface area contributed by atoms with Crippen molar-refractivity contribution >= 4 is 28.3 Å². The lowest BCUT2D eigenvalue weighted by Crippen LogP contribution is -2.21. The largest absolute Gasteiger partial charge is 0.474 e. The van der Waals surface area contributed by atoms with Gasteiger partial charge >= 0.3 is 11.9 Å². The first kappa shape index (κ1) is 10.6. The molecule has 0 saturated carbocycles. The molecule has 0 fully saturated rings. The number of nitrogens with one attached hydrogen (secondary N) is 1. The van der Waals surface area contributed by atoms with Crippen molar-refractivity contribution in [3.05, 3.63) is 10.6 Å². The predicted molar refractivity (Wildman–Crippen MR) is 52.5 cm³/mol. The standard InChI is InChI=1S/C8H10N2O3S/c1-3-5-4(2)14-8(9-5)10-6(11)7(12)13/h3H2,1-2H3,(H,12,13)(H,9,10,11). The molecule has 14 heavy (non-hydrogen) atoms. The van der Waals surface area contributed by atoms with Crippen LogP contribution in [0, 0.1) is 6.92 Å².